The second-order valence-corrected chi connectivity index (χ2v) is 5.13. The van der Waals surface area contributed by atoms with Gasteiger partial charge < -0.3 is 10.1 Å². The molecule has 1 aromatic carbocycles. The van der Waals surface area contributed by atoms with Crippen molar-refractivity contribution in [3.05, 3.63) is 30.1 Å². The molecule has 0 unspecified atom stereocenters. The van der Waals surface area contributed by atoms with E-state index >= 15 is 0 Å². The first kappa shape index (κ1) is 16.0. The van der Waals surface area contributed by atoms with Crippen molar-refractivity contribution in [3.63, 3.8) is 0 Å². The average molecular weight is 285 g/mol. The number of halogens is 1. The molecular formula is C14H20FNO2S. The lowest BCUT2D eigenvalue weighted by atomic mass is 10.3. The van der Waals surface area contributed by atoms with Gasteiger partial charge in [-0.1, -0.05) is 0 Å². The van der Waals surface area contributed by atoms with E-state index in [2.05, 4.69) is 5.32 Å². The van der Waals surface area contributed by atoms with Crippen molar-refractivity contribution in [2.24, 2.45) is 0 Å². The molecule has 0 aliphatic rings. The third kappa shape index (κ3) is 7.85. The number of nitrogens with one attached hydrogen (secondary N) is 1. The minimum Gasteiger partial charge on any atom is -0.466 e. The Morgan fingerprint density at radius 1 is 1.32 bits per heavy atom. The monoisotopic (exact) mass is 285 g/mol. The lowest BCUT2D eigenvalue weighted by Crippen LogP contribution is -2.19. The SMILES string of the molecule is CCOC(=O)CCCNCCSc1ccc(F)cc1. The molecule has 19 heavy (non-hydrogen) atoms. The van der Waals surface area contributed by atoms with Gasteiger partial charge in [-0.3, -0.25) is 4.79 Å². The molecule has 0 heterocycles. The predicted octanol–water partition coefficient (Wildman–Crippen LogP) is 2.85. The Kier molecular flexibility index (Phi) is 8.25. The number of carbonyl (C=O) groups is 1. The topological polar surface area (TPSA) is 38.3 Å². The Labute approximate surface area is 117 Å². The Balaban J connectivity index is 1.96. The molecule has 0 amide bonds. The van der Waals surface area contributed by atoms with Gasteiger partial charge in [0.2, 0.25) is 0 Å². The summed E-state index contributed by atoms with van der Waals surface area (Å²) < 4.78 is 17.5. The Bertz CT molecular complexity index is 370. The van der Waals surface area contributed by atoms with Crippen LogP contribution in [0.25, 0.3) is 0 Å². The van der Waals surface area contributed by atoms with Crippen LogP contribution < -0.4 is 5.32 Å². The van der Waals surface area contributed by atoms with Gasteiger partial charge in [-0.2, -0.15) is 0 Å². The van der Waals surface area contributed by atoms with Crippen molar-refractivity contribution in [1.82, 2.24) is 5.32 Å². The first-order valence-corrected chi connectivity index (χ1v) is 7.45. The number of esters is 1. The zero-order valence-corrected chi connectivity index (χ0v) is 12.0. The van der Waals surface area contributed by atoms with Gasteiger partial charge in [-0.15, -0.1) is 11.8 Å². The molecule has 0 aromatic heterocycles. The summed E-state index contributed by atoms with van der Waals surface area (Å²) in [5.41, 5.74) is 0. The lowest BCUT2D eigenvalue weighted by Gasteiger charge is -2.05. The van der Waals surface area contributed by atoms with Crippen LogP contribution in [-0.2, 0) is 9.53 Å². The predicted molar refractivity (Wildman–Crippen MR) is 75.9 cm³/mol. The van der Waals surface area contributed by atoms with E-state index < -0.39 is 0 Å². The fourth-order valence-electron chi connectivity index (χ4n) is 1.49. The van der Waals surface area contributed by atoms with Crippen LogP contribution in [0.15, 0.2) is 29.2 Å². The highest BCUT2D eigenvalue weighted by Gasteiger charge is 2.00. The van der Waals surface area contributed by atoms with Crippen LogP contribution in [0.1, 0.15) is 19.8 Å². The molecule has 5 heteroatoms. The third-order valence-corrected chi connectivity index (χ3v) is 3.41. The molecule has 0 atom stereocenters. The van der Waals surface area contributed by atoms with Crippen LogP contribution in [0.5, 0.6) is 0 Å². The maximum absolute atomic E-state index is 12.7. The molecule has 1 aromatic rings. The zero-order chi connectivity index (χ0) is 13.9. The van der Waals surface area contributed by atoms with E-state index in [0.717, 1.165) is 30.2 Å². The van der Waals surface area contributed by atoms with Crippen molar-refractivity contribution in [2.75, 3.05) is 25.4 Å². The number of hydrogen-bond acceptors (Lipinski definition) is 4. The third-order valence-electron chi connectivity index (χ3n) is 2.40. The van der Waals surface area contributed by atoms with Crippen LogP contribution in [-0.4, -0.2) is 31.4 Å². The van der Waals surface area contributed by atoms with Crippen molar-refractivity contribution >= 4 is 17.7 Å². The number of hydrogen-bond donors (Lipinski definition) is 1. The maximum atomic E-state index is 12.7. The second-order valence-electron chi connectivity index (χ2n) is 3.96. The summed E-state index contributed by atoms with van der Waals surface area (Å²) in [5, 5.41) is 3.26. The summed E-state index contributed by atoms with van der Waals surface area (Å²) in [5.74, 6) is 0.580. The highest BCUT2D eigenvalue weighted by Crippen LogP contribution is 2.17. The van der Waals surface area contributed by atoms with Gasteiger partial charge in [0.1, 0.15) is 5.82 Å². The molecule has 106 valence electrons. The molecule has 0 radical (unpaired) electrons. The number of rotatable bonds is 9. The molecule has 1 N–H and O–H groups in total. The Hall–Kier alpha value is -1.07. The number of carbonyl (C=O) groups excluding carboxylic acids is 1. The molecule has 0 bridgehead atoms. The minimum atomic E-state index is -0.207. The van der Waals surface area contributed by atoms with Crippen LogP contribution in [0.2, 0.25) is 0 Å². The molecule has 0 aliphatic carbocycles. The molecule has 0 saturated carbocycles. The van der Waals surface area contributed by atoms with Gasteiger partial charge >= 0.3 is 5.97 Å². The number of ether oxygens (including phenoxy) is 1. The van der Waals surface area contributed by atoms with Gasteiger partial charge in [0.25, 0.3) is 0 Å². The van der Waals surface area contributed by atoms with E-state index in [-0.39, 0.29) is 11.8 Å². The van der Waals surface area contributed by atoms with E-state index in [1.807, 2.05) is 6.92 Å². The second kappa shape index (κ2) is 9.81. The summed E-state index contributed by atoms with van der Waals surface area (Å²) in [6.07, 6.45) is 1.26. The molecule has 3 nitrogen and oxygen atoms in total. The summed E-state index contributed by atoms with van der Waals surface area (Å²) >= 11 is 1.68. The van der Waals surface area contributed by atoms with Crippen LogP contribution in [0.4, 0.5) is 4.39 Å². The quantitative estimate of drug-likeness (QED) is 0.430. The molecular weight excluding hydrogens is 265 g/mol. The van der Waals surface area contributed by atoms with Crippen molar-refractivity contribution in [2.45, 2.75) is 24.7 Å². The first-order valence-electron chi connectivity index (χ1n) is 6.47. The summed E-state index contributed by atoms with van der Waals surface area (Å²) in [7, 11) is 0. The van der Waals surface area contributed by atoms with Crippen LogP contribution >= 0.6 is 11.8 Å². The highest BCUT2D eigenvalue weighted by atomic mass is 32.2. The summed E-state index contributed by atoms with van der Waals surface area (Å²) in [6, 6.07) is 6.49. The number of thioether (sulfide) groups is 1. The van der Waals surface area contributed by atoms with E-state index in [4.69, 9.17) is 4.74 Å². The van der Waals surface area contributed by atoms with Gasteiger partial charge in [-0.05, 0) is 44.2 Å². The minimum absolute atomic E-state index is 0.134. The smallest absolute Gasteiger partial charge is 0.305 e. The normalized spacial score (nSPS) is 10.4. The summed E-state index contributed by atoms with van der Waals surface area (Å²) in [4.78, 5) is 12.1. The zero-order valence-electron chi connectivity index (χ0n) is 11.2. The largest absolute Gasteiger partial charge is 0.466 e. The van der Waals surface area contributed by atoms with Crippen molar-refractivity contribution < 1.29 is 13.9 Å². The van der Waals surface area contributed by atoms with E-state index in [0.29, 0.717) is 13.0 Å². The van der Waals surface area contributed by atoms with E-state index in [1.165, 1.54) is 12.1 Å². The van der Waals surface area contributed by atoms with Crippen molar-refractivity contribution in [1.29, 1.82) is 0 Å². The molecule has 0 spiro atoms. The summed E-state index contributed by atoms with van der Waals surface area (Å²) in [6.45, 7) is 3.93. The maximum Gasteiger partial charge on any atom is 0.305 e. The molecule has 1 rings (SSSR count). The first-order chi connectivity index (χ1) is 9.22. The van der Waals surface area contributed by atoms with Crippen LogP contribution in [0.3, 0.4) is 0 Å². The molecule has 0 aliphatic heterocycles. The van der Waals surface area contributed by atoms with Gasteiger partial charge in [0.05, 0.1) is 6.61 Å². The fraction of sp³-hybridized carbons (Fsp3) is 0.500. The van der Waals surface area contributed by atoms with Crippen LogP contribution in [0, 0.1) is 5.82 Å². The standard InChI is InChI=1S/C14H20FNO2S/c1-2-18-14(17)4-3-9-16-10-11-19-13-7-5-12(15)6-8-13/h5-8,16H,2-4,9-11H2,1H3. The molecule has 0 fully saturated rings. The van der Waals surface area contributed by atoms with E-state index in [1.54, 1.807) is 23.9 Å². The average Bonchev–Trinajstić information content (AvgIpc) is 2.40. The van der Waals surface area contributed by atoms with Gasteiger partial charge in [0, 0.05) is 23.6 Å². The Morgan fingerprint density at radius 3 is 2.74 bits per heavy atom. The number of benzene rings is 1. The molecule has 0 saturated heterocycles. The lowest BCUT2D eigenvalue weighted by molar-refractivity contribution is -0.143. The van der Waals surface area contributed by atoms with Gasteiger partial charge in [0.15, 0.2) is 0 Å². The Morgan fingerprint density at radius 2 is 2.05 bits per heavy atom. The fourth-order valence-corrected chi connectivity index (χ4v) is 2.30. The highest BCUT2D eigenvalue weighted by molar-refractivity contribution is 7.99. The van der Waals surface area contributed by atoms with E-state index in [9.17, 15) is 9.18 Å². The van der Waals surface area contributed by atoms with Crippen molar-refractivity contribution in [3.8, 4) is 0 Å². The van der Waals surface area contributed by atoms with Gasteiger partial charge in [-0.25, -0.2) is 4.39 Å².